The fourth-order valence-electron chi connectivity index (χ4n) is 4.37. The van der Waals surface area contributed by atoms with Gasteiger partial charge in [0.1, 0.15) is 0 Å². The molecule has 1 atom stereocenters. The van der Waals surface area contributed by atoms with Crippen LogP contribution >= 0.6 is 11.3 Å². The molecule has 5 heterocycles. The minimum absolute atomic E-state index is 0.107. The smallest absolute Gasteiger partial charge is 0.341 e. The highest BCUT2D eigenvalue weighted by atomic mass is 32.1. The number of hydrazone groups is 1. The highest BCUT2D eigenvalue weighted by Crippen LogP contribution is 2.33. The van der Waals surface area contributed by atoms with E-state index in [0.29, 0.717) is 44.0 Å². The van der Waals surface area contributed by atoms with Crippen LogP contribution in [0.15, 0.2) is 29.8 Å². The van der Waals surface area contributed by atoms with E-state index < -0.39 is 0 Å². The van der Waals surface area contributed by atoms with E-state index in [9.17, 15) is 9.18 Å². The monoisotopic (exact) mass is 468 g/mol. The van der Waals surface area contributed by atoms with Crippen LogP contribution in [0.1, 0.15) is 27.9 Å². The van der Waals surface area contributed by atoms with Gasteiger partial charge >= 0.3 is 6.03 Å². The molecular formula is C22H25FN8OS. The maximum Gasteiger partial charge on any atom is 0.341 e. The minimum Gasteiger partial charge on any atom is -0.366 e. The standard InChI is InChI=1S/C22H25FN8OS/c1-14-11-27-28(3)21(14)17-10-19(16(23)12-25-17)29-6-8-30(9-7-29)22(32)31-18(4-5-26-31)20-13-24-15(2)33-20/h5,10-13,18H,4,6-9H2,1-3H3. The summed E-state index contributed by atoms with van der Waals surface area (Å²) in [5.41, 5.74) is 3.01. The first kappa shape index (κ1) is 21.5. The Morgan fingerprint density at radius 3 is 2.58 bits per heavy atom. The minimum atomic E-state index is -0.372. The van der Waals surface area contributed by atoms with Gasteiger partial charge in [-0.05, 0) is 25.5 Å². The molecule has 0 saturated carbocycles. The third-order valence-electron chi connectivity index (χ3n) is 6.08. The predicted molar refractivity (Wildman–Crippen MR) is 125 cm³/mol. The number of pyridine rings is 1. The first-order valence-corrected chi connectivity index (χ1v) is 11.7. The third-order valence-corrected chi connectivity index (χ3v) is 7.10. The Morgan fingerprint density at radius 1 is 1.12 bits per heavy atom. The van der Waals surface area contributed by atoms with Crippen LogP contribution in [0, 0.1) is 19.7 Å². The summed E-state index contributed by atoms with van der Waals surface area (Å²) in [6.45, 7) is 5.94. The summed E-state index contributed by atoms with van der Waals surface area (Å²) < 4.78 is 16.4. The number of rotatable bonds is 3. The lowest BCUT2D eigenvalue weighted by molar-refractivity contribution is 0.140. The number of urea groups is 1. The van der Waals surface area contributed by atoms with E-state index in [0.717, 1.165) is 21.1 Å². The topological polar surface area (TPSA) is 82.8 Å². The lowest BCUT2D eigenvalue weighted by Crippen LogP contribution is -2.52. The number of hydrogen-bond acceptors (Lipinski definition) is 7. The number of carbonyl (C=O) groups is 1. The number of anilines is 1. The first-order valence-electron chi connectivity index (χ1n) is 10.8. The molecule has 1 fully saturated rings. The van der Waals surface area contributed by atoms with Crippen LogP contribution in [0.25, 0.3) is 11.4 Å². The summed E-state index contributed by atoms with van der Waals surface area (Å²) in [6.07, 6.45) is 7.32. The highest BCUT2D eigenvalue weighted by Gasteiger charge is 2.34. The van der Waals surface area contributed by atoms with Gasteiger partial charge in [0, 0.05) is 56.9 Å². The Hall–Kier alpha value is -3.34. The Morgan fingerprint density at radius 2 is 1.91 bits per heavy atom. The van der Waals surface area contributed by atoms with E-state index in [-0.39, 0.29) is 17.9 Å². The number of nitrogens with zero attached hydrogens (tertiary/aromatic N) is 8. The molecule has 3 aromatic rings. The molecule has 0 bridgehead atoms. The third kappa shape index (κ3) is 3.97. The summed E-state index contributed by atoms with van der Waals surface area (Å²) in [4.78, 5) is 26.6. The Balaban J connectivity index is 1.29. The molecule has 11 heteroatoms. The SMILES string of the molecule is Cc1ncc(C2CC=NN2C(=O)N2CCN(c3cc(-c4c(C)cnn4C)ncc3F)CC2)s1. The van der Waals surface area contributed by atoms with Gasteiger partial charge < -0.3 is 9.80 Å². The van der Waals surface area contributed by atoms with Crippen molar-refractivity contribution >= 4 is 29.3 Å². The number of carbonyl (C=O) groups excluding carboxylic acids is 1. The second-order valence-electron chi connectivity index (χ2n) is 8.25. The summed E-state index contributed by atoms with van der Waals surface area (Å²) in [7, 11) is 1.85. The van der Waals surface area contributed by atoms with Gasteiger partial charge in [-0.25, -0.2) is 19.2 Å². The van der Waals surface area contributed by atoms with Crippen molar-refractivity contribution in [1.82, 2.24) is 29.7 Å². The molecule has 9 nitrogen and oxygen atoms in total. The number of thiazole rings is 1. The molecule has 0 aromatic carbocycles. The molecule has 2 amide bonds. The molecule has 5 rings (SSSR count). The molecule has 2 aliphatic rings. The second kappa shape index (κ2) is 8.54. The van der Waals surface area contributed by atoms with Crippen molar-refractivity contribution in [3.05, 3.63) is 45.9 Å². The lowest BCUT2D eigenvalue weighted by Gasteiger charge is -2.38. The predicted octanol–water partition coefficient (Wildman–Crippen LogP) is 3.37. The maximum absolute atomic E-state index is 14.7. The van der Waals surface area contributed by atoms with Crippen molar-refractivity contribution in [2.75, 3.05) is 31.1 Å². The van der Waals surface area contributed by atoms with E-state index in [2.05, 4.69) is 20.2 Å². The van der Waals surface area contributed by atoms with Gasteiger partial charge in [0.2, 0.25) is 0 Å². The van der Waals surface area contributed by atoms with Gasteiger partial charge in [-0.15, -0.1) is 11.3 Å². The summed E-state index contributed by atoms with van der Waals surface area (Å²) in [5.74, 6) is -0.372. The van der Waals surface area contributed by atoms with Crippen LogP contribution < -0.4 is 4.90 Å². The van der Waals surface area contributed by atoms with Crippen LogP contribution in [0.5, 0.6) is 0 Å². The lowest BCUT2D eigenvalue weighted by atomic mass is 10.1. The largest absolute Gasteiger partial charge is 0.366 e. The van der Waals surface area contributed by atoms with Gasteiger partial charge in [-0.2, -0.15) is 10.2 Å². The Kier molecular flexibility index (Phi) is 5.57. The molecule has 0 aliphatic carbocycles. The van der Waals surface area contributed by atoms with Crippen molar-refractivity contribution in [3.8, 4) is 11.4 Å². The van der Waals surface area contributed by atoms with Crippen LogP contribution in [-0.4, -0.2) is 68.1 Å². The molecule has 3 aromatic heterocycles. The molecular weight excluding hydrogens is 443 g/mol. The normalized spacial score (nSPS) is 18.4. The summed E-state index contributed by atoms with van der Waals surface area (Å²) in [6, 6.07) is 1.54. The number of aryl methyl sites for hydroxylation is 3. The zero-order valence-electron chi connectivity index (χ0n) is 18.8. The highest BCUT2D eigenvalue weighted by molar-refractivity contribution is 7.11. The average molecular weight is 469 g/mol. The number of piperazine rings is 1. The Labute approximate surface area is 195 Å². The van der Waals surface area contributed by atoms with Crippen molar-refractivity contribution in [2.24, 2.45) is 12.1 Å². The zero-order chi connectivity index (χ0) is 23.1. The van der Waals surface area contributed by atoms with Crippen molar-refractivity contribution in [2.45, 2.75) is 26.3 Å². The summed E-state index contributed by atoms with van der Waals surface area (Å²) >= 11 is 1.59. The van der Waals surface area contributed by atoms with Crippen molar-refractivity contribution in [3.63, 3.8) is 0 Å². The summed E-state index contributed by atoms with van der Waals surface area (Å²) in [5, 5.41) is 11.1. The average Bonchev–Trinajstić information content (AvgIpc) is 3.54. The van der Waals surface area contributed by atoms with E-state index in [1.165, 1.54) is 6.20 Å². The van der Waals surface area contributed by atoms with Gasteiger partial charge in [0.25, 0.3) is 0 Å². The maximum atomic E-state index is 14.7. The first-order chi connectivity index (χ1) is 15.9. The molecule has 1 saturated heterocycles. The number of aromatic nitrogens is 4. The van der Waals surface area contributed by atoms with E-state index in [1.54, 1.807) is 44.4 Å². The molecule has 33 heavy (non-hydrogen) atoms. The van der Waals surface area contributed by atoms with Gasteiger partial charge in [0.15, 0.2) is 5.82 Å². The van der Waals surface area contributed by atoms with Gasteiger partial charge in [0.05, 0.1) is 40.5 Å². The second-order valence-corrected chi connectivity index (χ2v) is 9.52. The fraction of sp³-hybridized carbons (Fsp3) is 0.409. The van der Waals surface area contributed by atoms with Crippen molar-refractivity contribution in [1.29, 1.82) is 0 Å². The number of hydrogen-bond donors (Lipinski definition) is 0. The number of amides is 2. The van der Waals surface area contributed by atoms with E-state index >= 15 is 0 Å². The van der Waals surface area contributed by atoms with Crippen LogP contribution in [0.3, 0.4) is 0 Å². The quantitative estimate of drug-likeness (QED) is 0.589. The van der Waals surface area contributed by atoms with Crippen molar-refractivity contribution < 1.29 is 9.18 Å². The fourth-order valence-corrected chi connectivity index (χ4v) is 5.25. The van der Waals surface area contributed by atoms with Crippen LogP contribution in [0.4, 0.5) is 14.9 Å². The molecule has 0 radical (unpaired) electrons. The van der Waals surface area contributed by atoms with Crippen LogP contribution in [0.2, 0.25) is 0 Å². The molecule has 2 aliphatic heterocycles. The van der Waals surface area contributed by atoms with E-state index in [4.69, 9.17) is 0 Å². The van der Waals surface area contributed by atoms with Gasteiger partial charge in [-0.1, -0.05) is 0 Å². The number of halogens is 1. The molecule has 0 spiro atoms. The molecule has 1 unspecified atom stereocenters. The Bertz CT molecular complexity index is 1190. The molecule has 0 N–H and O–H groups in total. The molecule has 172 valence electrons. The van der Waals surface area contributed by atoms with E-state index in [1.807, 2.05) is 32.0 Å². The van der Waals surface area contributed by atoms with Gasteiger partial charge in [-0.3, -0.25) is 9.67 Å². The zero-order valence-corrected chi connectivity index (χ0v) is 19.6. The van der Waals surface area contributed by atoms with Crippen LogP contribution in [-0.2, 0) is 7.05 Å².